The molecule has 0 aliphatic heterocycles. The van der Waals surface area contributed by atoms with E-state index in [9.17, 15) is 14.7 Å². The van der Waals surface area contributed by atoms with Gasteiger partial charge in [0.1, 0.15) is 5.01 Å². The number of hydrogen-bond acceptors (Lipinski definition) is 6. The van der Waals surface area contributed by atoms with Crippen LogP contribution in [0.25, 0.3) is 0 Å². The summed E-state index contributed by atoms with van der Waals surface area (Å²) in [7, 11) is 0. The Balaban J connectivity index is 1.79. The highest BCUT2D eigenvalue weighted by atomic mass is 32.1. The molecule has 1 aromatic heterocycles. The van der Waals surface area contributed by atoms with Crippen molar-refractivity contribution in [3.05, 3.63) is 40.3 Å². The van der Waals surface area contributed by atoms with E-state index in [0.717, 1.165) is 11.3 Å². The fourth-order valence-corrected chi connectivity index (χ4v) is 2.15. The summed E-state index contributed by atoms with van der Waals surface area (Å²) in [5.41, 5.74) is -0.0466. The van der Waals surface area contributed by atoms with Crippen LogP contribution < -0.4 is 10.1 Å². The molecule has 0 fully saturated rings. The molecule has 0 spiro atoms. The van der Waals surface area contributed by atoms with Gasteiger partial charge < -0.3 is 20.3 Å². The minimum atomic E-state index is -1.10. The van der Waals surface area contributed by atoms with Crippen molar-refractivity contribution in [3.63, 3.8) is 0 Å². The second-order valence-electron chi connectivity index (χ2n) is 3.96. The van der Waals surface area contributed by atoms with Gasteiger partial charge in [0.2, 0.25) is 0 Å². The Morgan fingerprint density at radius 3 is 2.76 bits per heavy atom. The smallest absolute Gasteiger partial charge is 0.355 e. The van der Waals surface area contributed by atoms with Crippen molar-refractivity contribution in [2.75, 3.05) is 6.61 Å². The van der Waals surface area contributed by atoms with E-state index in [1.807, 2.05) is 0 Å². The van der Waals surface area contributed by atoms with Crippen molar-refractivity contribution in [2.24, 2.45) is 0 Å². The van der Waals surface area contributed by atoms with Crippen LogP contribution in [-0.4, -0.2) is 33.7 Å². The summed E-state index contributed by atoms with van der Waals surface area (Å²) in [5.74, 6) is -1.33. The average Bonchev–Trinajstić information content (AvgIpc) is 2.93. The first kappa shape index (κ1) is 14.8. The van der Waals surface area contributed by atoms with Crippen molar-refractivity contribution >= 4 is 23.2 Å². The first-order valence-electron chi connectivity index (χ1n) is 5.91. The van der Waals surface area contributed by atoms with Crippen LogP contribution in [0.1, 0.15) is 15.5 Å². The van der Waals surface area contributed by atoms with Crippen molar-refractivity contribution < 1.29 is 24.5 Å². The third-order valence-electron chi connectivity index (χ3n) is 2.43. The Bertz CT molecular complexity index is 656. The van der Waals surface area contributed by atoms with Gasteiger partial charge >= 0.3 is 5.97 Å². The Kier molecular flexibility index (Phi) is 4.72. The van der Waals surface area contributed by atoms with Gasteiger partial charge in [-0.1, -0.05) is 12.1 Å². The maximum atomic E-state index is 11.6. The Hall–Kier alpha value is -2.61. The van der Waals surface area contributed by atoms with Gasteiger partial charge in [-0.15, -0.1) is 11.3 Å². The van der Waals surface area contributed by atoms with E-state index in [0.29, 0.717) is 5.01 Å². The first-order chi connectivity index (χ1) is 10.1. The number of amides is 1. The molecule has 0 saturated carbocycles. The molecular weight excluding hydrogens is 296 g/mol. The fraction of sp³-hybridized carbons (Fsp3) is 0.154. The topological polar surface area (TPSA) is 109 Å². The molecule has 110 valence electrons. The number of carboxylic acid groups (broad SMARTS) is 1. The molecule has 0 saturated heterocycles. The van der Waals surface area contributed by atoms with Crippen LogP contribution >= 0.6 is 11.3 Å². The van der Waals surface area contributed by atoms with E-state index in [4.69, 9.17) is 9.84 Å². The predicted molar refractivity (Wildman–Crippen MR) is 74.5 cm³/mol. The molecular formula is C13H12N2O5S. The number of aromatic nitrogens is 1. The van der Waals surface area contributed by atoms with E-state index in [2.05, 4.69) is 10.3 Å². The molecule has 7 nitrogen and oxygen atoms in total. The Morgan fingerprint density at radius 2 is 2.10 bits per heavy atom. The predicted octanol–water partition coefficient (Wildman–Crippen LogP) is 1.24. The standard InChI is InChI=1S/C13H12N2O5S/c16-9-3-1-2-4-10(9)20-6-11(17)14-5-12-15-8(7-21-12)13(18)19/h1-4,7,16H,5-6H2,(H,14,17)(H,18,19). The number of ether oxygens (including phenoxy) is 1. The van der Waals surface area contributed by atoms with Gasteiger partial charge in [-0.2, -0.15) is 0 Å². The highest BCUT2D eigenvalue weighted by Crippen LogP contribution is 2.23. The number of hydrogen-bond donors (Lipinski definition) is 3. The zero-order valence-corrected chi connectivity index (χ0v) is 11.6. The molecule has 0 aliphatic rings. The molecule has 0 unspecified atom stereocenters. The van der Waals surface area contributed by atoms with E-state index in [1.165, 1.54) is 11.4 Å². The van der Waals surface area contributed by atoms with Gasteiger partial charge in [0.15, 0.2) is 23.8 Å². The molecule has 0 radical (unpaired) electrons. The van der Waals surface area contributed by atoms with E-state index in [1.54, 1.807) is 18.2 Å². The van der Waals surface area contributed by atoms with Crippen molar-refractivity contribution in [1.82, 2.24) is 10.3 Å². The number of carbonyl (C=O) groups excluding carboxylic acids is 1. The zero-order valence-electron chi connectivity index (χ0n) is 10.8. The van der Waals surface area contributed by atoms with Crippen LogP contribution in [0.5, 0.6) is 11.5 Å². The SMILES string of the molecule is O=C(COc1ccccc1O)NCc1nc(C(=O)O)cs1. The minimum absolute atomic E-state index is 0.0451. The number of para-hydroxylation sites is 2. The largest absolute Gasteiger partial charge is 0.504 e. The summed E-state index contributed by atoms with van der Waals surface area (Å²) >= 11 is 1.15. The van der Waals surface area contributed by atoms with Gasteiger partial charge in [0, 0.05) is 5.38 Å². The Morgan fingerprint density at radius 1 is 1.33 bits per heavy atom. The van der Waals surface area contributed by atoms with Crippen molar-refractivity contribution in [3.8, 4) is 11.5 Å². The van der Waals surface area contributed by atoms with Crippen molar-refractivity contribution in [2.45, 2.75) is 6.54 Å². The van der Waals surface area contributed by atoms with Crippen LogP contribution in [0.4, 0.5) is 0 Å². The number of rotatable bonds is 6. The molecule has 1 aromatic carbocycles. The highest BCUT2D eigenvalue weighted by Gasteiger charge is 2.10. The van der Waals surface area contributed by atoms with Gasteiger partial charge in [-0.05, 0) is 12.1 Å². The van der Waals surface area contributed by atoms with Gasteiger partial charge in [0.05, 0.1) is 6.54 Å². The second kappa shape index (κ2) is 6.71. The number of carbonyl (C=O) groups is 2. The lowest BCUT2D eigenvalue weighted by Gasteiger charge is -2.07. The first-order valence-corrected chi connectivity index (χ1v) is 6.79. The molecule has 1 heterocycles. The summed E-state index contributed by atoms with van der Waals surface area (Å²) in [5, 5.41) is 22.6. The molecule has 0 bridgehead atoms. The van der Waals surface area contributed by atoms with Crippen molar-refractivity contribution in [1.29, 1.82) is 0 Å². The summed E-state index contributed by atoms with van der Waals surface area (Å²) in [4.78, 5) is 26.1. The maximum absolute atomic E-state index is 11.6. The normalized spacial score (nSPS) is 10.1. The van der Waals surface area contributed by atoms with Crippen LogP contribution in [0, 0.1) is 0 Å². The lowest BCUT2D eigenvalue weighted by atomic mass is 10.3. The number of aromatic carboxylic acids is 1. The third kappa shape index (κ3) is 4.18. The van der Waals surface area contributed by atoms with Gasteiger partial charge in [-0.25, -0.2) is 9.78 Å². The number of phenols is 1. The lowest BCUT2D eigenvalue weighted by Crippen LogP contribution is -2.28. The molecule has 3 N–H and O–H groups in total. The molecule has 0 aliphatic carbocycles. The van der Waals surface area contributed by atoms with Gasteiger partial charge in [-0.3, -0.25) is 4.79 Å². The molecule has 2 aromatic rings. The van der Waals surface area contributed by atoms with E-state index in [-0.39, 0.29) is 30.3 Å². The fourth-order valence-electron chi connectivity index (χ4n) is 1.44. The number of nitrogens with zero attached hydrogens (tertiary/aromatic N) is 1. The Labute approximate surface area is 123 Å². The number of aromatic hydroxyl groups is 1. The number of phenolic OH excluding ortho intramolecular Hbond substituents is 1. The minimum Gasteiger partial charge on any atom is -0.504 e. The number of thiazole rings is 1. The van der Waals surface area contributed by atoms with Gasteiger partial charge in [0.25, 0.3) is 5.91 Å². The van der Waals surface area contributed by atoms with Crippen LogP contribution in [0.3, 0.4) is 0 Å². The maximum Gasteiger partial charge on any atom is 0.355 e. The summed E-state index contributed by atoms with van der Waals surface area (Å²) in [6, 6.07) is 6.32. The van der Waals surface area contributed by atoms with E-state index < -0.39 is 11.9 Å². The molecule has 8 heteroatoms. The highest BCUT2D eigenvalue weighted by molar-refractivity contribution is 7.09. The van der Waals surface area contributed by atoms with Crippen LogP contribution in [0.2, 0.25) is 0 Å². The summed E-state index contributed by atoms with van der Waals surface area (Å²) < 4.78 is 5.16. The van der Waals surface area contributed by atoms with E-state index >= 15 is 0 Å². The molecule has 21 heavy (non-hydrogen) atoms. The zero-order chi connectivity index (χ0) is 15.2. The molecule has 2 rings (SSSR count). The van der Waals surface area contributed by atoms with Crippen LogP contribution in [0.15, 0.2) is 29.6 Å². The second-order valence-corrected chi connectivity index (χ2v) is 4.91. The number of benzene rings is 1. The van der Waals surface area contributed by atoms with Crippen LogP contribution in [-0.2, 0) is 11.3 Å². The monoisotopic (exact) mass is 308 g/mol. The summed E-state index contributed by atoms with van der Waals surface area (Å²) in [6.07, 6.45) is 0. The average molecular weight is 308 g/mol. The quantitative estimate of drug-likeness (QED) is 0.741. The molecule has 1 amide bonds. The number of carboxylic acids is 1. The third-order valence-corrected chi connectivity index (χ3v) is 3.28. The molecule has 0 atom stereocenters. The number of nitrogens with one attached hydrogen (secondary N) is 1. The summed E-state index contributed by atoms with van der Waals surface area (Å²) in [6.45, 7) is -0.129. The lowest BCUT2D eigenvalue weighted by molar-refractivity contribution is -0.123.